The van der Waals surface area contributed by atoms with E-state index in [4.69, 9.17) is 23.2 Å². The van der Waals surface area contributed by atoms with Gasteiger partial charge in [-0.05, 0) is 41.7 Å². The number of amides is 1. The van der Waals surface area contributed by atoms with Gasteiger partial charge < -0.3 is 10.2 Å². The zero-order valence-corrected chi connectivity index (χ0v) is 16.2. The van der Waals surface area contributed by atoms with E-state index in [2.05, 4.69) is 23.5 Å². The molecule has 0 fully saturated rings. The second-order valence-electron chi connectivity index (χ2n) is 7.11. The molecule has 0 aromatic heterocycles. The second-order valence-corrected chi connectivity index (χ2v) is 7.95. The molecule has 134 valence electrons. The molecule has 0 bridgehead atoms. The highest BCUT2D eigenvalue weighted by Crippen LogP contribution is 2.51. The number of rotatable bonds is 2. The fourth-order valence-corrected chi connectivity index (χ4v) is 4.63. The minimum atomic E-state index is -0.00395. The molecule has 5 heteroatoms. The molecule has 0 spiro atoms. The summed E-state index contributed by atoms with van der Waals surface area (Å²) in [7, 11) is 3.55. The van der Waals surface area contributed by atoms with Crippen LogP contribution in [0.1, 0.15) is 39.9 Å². The van der Waals surface area contributed by atoms with Crippen molar-refractivity contribution < 1.29 is 4.79 Å². The van der Waals surface area contributed by atoms with Crippen molar-refractivity contribution in [2.75, 3.05) is 19.4 Å². The highest BCUT2D eigenvalue weighted by molar-refractivity contribution is 6.35. The lowest BCUT2D eigenvalue weighted by atomic mass is 9.76. The number of benzene rings is 2. The molecule has 2 aliphatic rings. The molecule has 1 heterocycles. The van der Waals surface area contributed by atoms with Gasteiger partial charge in [-0.3, -0.25) is 4.79 Å². The average Bonchev–Trinajstić information content (AvgIpc) is 3.10. The average molecular weight is 387 g/mol. The number of fused-ring (bicyclic) bond motifs is 3. The molecule has 4 rings (SSSR count). The van der Waals surface area contributed by atoms with Crippen molar-refractivity contribution in [1.82, 2.24) is 4.90 Å². The Morgan fingerprint density at radius 1 is 1.15 bits per heavy atom. The van der Waals surface area contributed by atoms with Crippen LogP contribution in [-0.4, -0.2) is 24.9 Å². The number of hydrogen-bond acceptors (Lipinski definition) is 2. The number of para-hydroxylation sites is 1. The van der Waals surface area contributed by atoms with Gasteiger partial charge in [-0.15, -0.1) is 0 Å². The lowest BCUT2D eigenvalue weighted by molar-refractivity contribution is 0.0828. The number of halogens is 2. The van der Waals surface area contributed by atoms with Crippen molar-refractivity contribution in [3.63, 3.8) is 0 Å². The summed E-state index contributed by atoms with van der Waals surface area (Å²) in [6.45, 7) is 0. The first-order valence-corrected chi connectivity index (χ1v) is 9.45. The predicted molar refractivity (Wildman–Crippen MR) is 107 cm³/mol. The quantitative estimate of drug-likeness (QED) is 0.688. The van der Waals surface area contributed by atoms with Crippen LogP contribution in [0.25, 0.3) is 0 Å². The third-order valence-electron chi connectivity index (χ3n) is 5.33. The summed E-state index contributed by atoms with van der Waals surface area (Å²) in [5, 5.41) is 4.91. The van der Waals surface area contributed by atoms with Crippen LogP contribution in [0.4, 0.5) is 5.69 Å². The molecule has 26 heavy (non-hydrogen) atoms. The van der Waals surface area contributed by atoms with Crippen LogP contribution in [0.3, 0.4) is 0 Å². The number of carbonyl (C=O) groups excluding carboxylic acids is 1. The van der Waals surface area contributed by atoms with Crippen LogP contribution in [0.5, 0.6) is 0 Å². The lowest BCUT2D eigenvalue weighted by Gasteiger charge is -2.38. The standard InChI is InChI=1S/C21H20Cl2N2O/c1-25(2)21(26)17-8-4-7-15-13-5-3-6-14(13)19(24-20(15)17)16-10-9-12(22)11-18(16)23/h3-5,7-11,13-14,19,24H,6H2,1-2H3/t13-,14-,19+/m0/s1. The molecule has 1 amide bonds. The Bertz CT molecular complexity index is 907. The summed E-state index contributed by atoms with van der Waals surface area (Å²) in [6, 6.07) is 11.6. The highest BCUT2D eigenvalue weighted by atomic mass is 35.5. The van der Waals surface area contributed by atoms with Gasteiger partial charge in [0, 0.05) is 30.1 Å². The normalized spacial score (nSPS) is 23.2. The molecule has 0 saturated carbocycles. The van der Waals surface area contributed by atoms with Crippen LogP contribution in [0.15, 0.2) is 48.6 Å². The van der Waals surface area contributed by atoms with Gasteiger partial charge in [0.2, 0.25) is 0 Å². The van der Waals surface area contributed by atoms with Gasteiger partial charge >= 0.3 is 0 Å². The third-order valence-corrected chi connectivity index (χ3v) is 5.89. The predicted octanol–water partition coefficient (Wildman–Crippen LogP) is 5.52. The Morgan fingerprint density at radius 2 is 1.96 bits per heavy atom. The van der Waals surface area contributed by atoms with E-state index in [-0.39, 0.29) is 17.9 Å². The van der Waals surface area contributed by atoms with E-state index >= 15 is 0 Å². The summed E-state index contributed by atoms with van der Waals surface area (Å²) in [6.07, 6.45) is 5.46. The first kappa shape index (κ1) is 17.4. The largest absolute Gasteiger partial charge is 0.377 e. The fourth-order valence-electron chi connectivity index (χ4n) is 4.10. The Hall–Kier alpha value is -1.97. The van der Waals surface area contributed by atoms with E-state index in [1.54, 1.807) is 25.1 Å². The summed E-state index contributed by atoms with van der Waals surface area (Å²) in [5.41, 5.74) is 3.81. The molecule has 3 atom stereocenters. The van der Waals surface area contributed by atoms with E-state index in [9.17, 15) is 4.79 Å². The Labute approximate surface area is 163 Å². The topological polar surface area (TPSA) is 32.3 Å². The van der Waals surface area contributed by atoms with Gasteiger partial charge in [-0.25, -0.2) is 0 Å². The molecule has 2 aromatic carbocycles. The van der Waals surface area contributed by atoms with Gasteiger partial charge in [0.1, 0.15) is 0 Å². The number of carbonyl (C=O) groups is 1. The molecule has 1 N–H and O–H groups in total. The van der Waals surface area contributed by atoms with Gasteiger partial charge in [0.05, 0.1) is 17.3 Å². The third kappa shape index (κ3) is 2.80. The molecule has 0 radical (unpaired) electrons. The van der Waals surface area contributed by atoms with E-state index < -0.39 is 0 Å². The summed E-state index contributed by atoms with van der Waals surface area (Å²) in [5.74, 6) is 0.638. The maximum Gasteiger partial charge on any atom is 0.255 e. The Morgan fingerprint density at radius 3 is 2.69 bits per heavy atom. The number of nitrogens with zero attached hydrogens (tertiary/aromatic N) is 1. The summed E-state index contributed by atoms with van der Waals surface area (Å²) >= 11 is 12.6. The first-order chi connectivity index (χ1) is 12.5. The van der Waals surface area contributed by atoms with E-state index in [0.717, 1.165) is 17.7 Å². The SMILES string of the molecule is CN(C)C(=O)c1cccc2c1N[C@@H](c1ccc(Cl)cc1Cl)[C@H]1CC=C[C@H]21. The molecule has 0 saturated heterocycles. The molecule has 1 aliphatic heterocycles. The minimum absolute atomic E-state index is 0.00395. The monoisotopic (exact) mass is 386 g/mol. The first-order valence-electron chi connectivity index (χ1n) is 8.70. The summed E-state index contributed by atoms with van der Waals surface area (Å²) in [4.78, 5) is 14.3. The maximum absolute atomic E-state index is 12.7. The number of allylic oxidation sites excluding steroid dienone is 2. The smallest absolute Gasteiger partial charge is 0.255 e. The minimum Gasteiger partial charge on any atom is -0.377 e. The fraction of sp³-hybridized carbons (Fsp3) is 0.286. The lowest BCUT2D eigenvalue weighted by Crippen LogP contribution is -2.32. The van der Waals surface area contributed by atoms with Crippen molar-refractivity contribution in [3.05, 3.63) is 75.3 Å². The van der Waals surface area contributed by atoms with Gasteiger partial charge in [0.25, 0.3) is 5.91 Å². The van der Waals surface area contributed by atoms with Crippen molar-refractivity contribution in [1.29, 1.82) is 0 Å². The molecular weight excluding hydrogens is 367 g/mol. The molecular formula is C21H20Cl2N2O. The van der Waals surface area contributed by atoms with E-state index in [1.165, 1.54) is 5.56 Å². The maximum atomic E-state index is 12.7. The van der Waals surface area contributed by atoms with Crippen molar-refractivity contribution >= 4 is 34.8 Å². The van der Waals surface area contributed by atoms with E-state index in [0.29, 0.717) is 21.5 Å². The van der Waals surface area contributed by atoms with Crippen LogP contribution in [-0.2, 0) is 0 Å². The van der Waals surface area contributed by atoms with Gasteiger partial charge in [-0.2, -0.15) is 0 Å². The number of anilines is 1. The Kier molecular flexibility index (Phi) is 4.45. The highest BCUT2D eigenvalue weighted by Gasteiger charge is 2.40. The molecule has 2 aromatic rings. The van der Waals surface area contributed by atoms with Crippen LogP contribution < -0.4 is 5.32 Å². The molecule has 0 unspecified atom stereocenters. The van der Waals surface area contributed by atoms with Crippen LogP contribution in [0.2, 0.25) is 10.0 Å². The van der Waals surface area contributed by atoms with Crippen molar-refractivity contribution in [2.45, 2.75) is 18.4 Å². The zero-order chi connectivity index (χ0) is 18.4. The van der Waals surface area contributed by atoms with Gasteiger partial charge in [0.15, 0.2) is 0 Å². The van der Waals surface area contributed by atoms with Crippen molar-refractivity contribution in [3.8, 4) is 0 Å². The molecule has 1 aliphatic carbocycles. The number of hydrogen-bond donors (Lipinski definition) is 1. The Balaban J connectivity index is 1.84. The van der Waals surface area contributed by atoms with Crippen molar-refractivity contribution in [2.24, 2.45) is 5.92 Å². The van der Waals surface area contributed by atoms with Gasteiger partial charge in [-0.1, -0.05) is 53.6 Å². The molecule has 3 nitrogen and oxygen atoms in total. The zero-order valence-electron chi connectivity index (χ0n) is 14.7. The number of nitrogens with one attached hydrogen (secondary N) is 1. The second kappa shape index (κ2) is 6.64. The summed E-state index contributed by atoms with van der Waals surface area (Å²) < 4.78 is 0. The van der Waals surface area contributed by atoms with E-state index in [1.807, 2.05) is 24.3 Å². The van der Waals surface area contributed by atoms with Crippen LogP contribution >= 0.6 is 23.2 Å². The van der Waals surface area contributed by atoms with Crippen LogP contribution in [0, 0.1) is 5.92 Å².